The van der Waals surface area contributed by atoms with Crippen LogP contribution in [0.5, 0.6) is 0 Å². The second-order valence-corrected chi connectivity index (χ2v) is 7.91. The molecule has 1 unspecified atom stereocenters. The summed E-state index contributed by atoms with van der Waals surface area (Å²) in [5.74, 6) is 0.339. The number of carbonyl (C=O) groups excluding carboxylic acids is 2. The van der Waals surface area contributed by atoms with Gasteiger partial charge in [0, 0.05) is 14.7 Å². The molecule has 0 bridgehead atoms. The number of halogens is 1. The summed E-state index contributed by atoms with van der Waals surface area (Å²) in [6, 6.07) is 1.69. The number of nitrogens with one attached hydrogen (secondary N) is 1. The largest absolute Gasteiger partial charge is 0.342 e. The second-order valence-electron chi connectivity index (χ2n) is 6.00. The second kappa shape index (κ2) is 4.84. The van der Waals surface area contributed by atoms with E-state index in [2.05, 4.69) is 21.2 Å². The SMILES string of the molecule is CC1(C)C(=O)NC(C2CC2)C(=O)N1Cc1cc(Br)cs1. The van der Waals surface area contributed by atoms with Crippen molar-refractivity contribution >= 4 is 39.1 Å². The highest BCUT2D eigenvalue weighted by Gasteiger charge is 2.50. The van der Waals surface area contributed by atoms with Crippen molar-refractivity contribution in [3.8, 4) is 0 Å². The van der Waals surface area contributed by atoms with Crippen molar-refractivity contribution in [1.82, 2.24) is 10.2 Å². The van der Waals surface area contributed by atoms with Gasteiger partial charge in [-0.3, -0.25) is 9.59 Å². The molecule has 6 heteroatoms. The molecular weight excluding hydrogens is 340 g/mol. The van der Waals surface area contributed by atoms with Gasteiger partial charge in [-0.15, -0.1) is 11.3 Å². The molecule has 1 saturated carbocycles. The Labute approximate surface area is 130 Å². The molecule has 0 aromatic carbocycles. The van der Waals surface area contributed by atoms with Gasteiger partial charge < -0.3 is 10.2 Å². The third-order valence-electron chi connectivity index (χ3n) is 4.08. The van der Waals surface area contributed by atoms with Crippen LogP contribution in [-0.2, 0) is 16.1 Å². The standard InChI is InChI=1S/C14H17BrN2O2S/c1-14(2)13(19)16-11(8-3-4-8)12(18)17(14)6-10-5-9(15)7-20-10/h5,7-8,11H,3-4,6H2,1-2H3,(H,16,19). The molecule has 108 valence electrons. The molecule has 2 heterocycles. The molecule has 4 nitrogen and oxygen atoms in total. The highest BCUT2D eigenvalue weighted by atomic mass is 79.9. The first-order valence-electron chi connectivity index (χ1n) is 6.75. The third-order valence-corrected chi connectivity index (χ3v) is 5.76. The van der Waals surface area contributed by atoms with Crippen LogP contribution in [0.25, 0.3) is 0 Å². The molecule has 0 radical (unpaired) electrons. The van der Waals surface area contributed by atoms with E-state index in [-0.39, 0.29) is 17.9 Å². The Kier molecular flexibility index (Phi) is 3.41. The maximum absolute atomic E-state index is 12.7. The van der Waals surface area contributed by atoms with Crippen molar-refractivity contribution < 1.29 is 9.59 Å². The molecule has 0 spiro atoms. The van der Waals surface area contributed by atoms with E-state index in [4.69, 9.17) is 0 Å². The van der Waals surface area contributed by atoms with E-state index < -0.39 is 5.54 Å². The van der Waals surface area contributed by atoms with Crippen molar-refractivity contribution in [3.05, 3.63) is 20.8 Å². The number of nitrogens with zero attached hydrogens (tertiary/aromatic N) is 1. The molecule has 1 aromatic heterocycles. The van der Waals surface area contributed by atoms with Crippen molar-refractivity contribution in [2.24, 2.45) is 5.92 Å². The topological polar surface area (TPSA) is 49.4 Å². The van der Waals surface area contributed by atoms with Gasteiger partial charge in [0.25, 0.3) is 0 Å². The molecule has 1 N–H and O–H groups in total. The van der Waals surface area contributed by atoms with Gasteiger partial charge in [0.15, 0.2) is 0 Å². The maximum Gasteiger partial charge on any atom is 0.246 e. The number of piperazine rings is 1. The molecule has 2 fully saturated rings. The van der Waals surface area contributed by atoms with Gasteiger partial charge >= 0.3 is 0 Å². The van der Waals surface area contributed by atoms with Gasteiger partial charge in [-0.2, -0.15) is 0 Å². The van der Waals surface area contributed by atoms with Crippen molar-refractivity contribution in [3.63, 3.8) is 0 Å². The summed E-state index contributed by atoms with van der Waals surface area (Å²) in [5.41, 5.74) is -0.793. The molecule has 20 heavy (non-hydrogen) atoms. The highest BCUT2D eigenvalue weighted by Crippen LogP contribution is 2.37. The van der Waals surface area contributed by atoms with Crippen LogP contribution in [0.1, 0.15) is 31.6 Å². The fraction of sp³-hybridized carbons (Fsp3) is 0.571. The number of thiophene rings is 1. The van der Waals surface area contributed by atoms with Gasteiger partial charge in [-0.25, -0.2) is 0 Å². The minimum absolute atomic E-state index is 0.0513. The molecule has 2 amide bonds. The number of rotatable bonds is 3. The zero-order valence-electron chi connectivity index (χ0n) is 11.5. The minimum atomic E-state index is -0.793. The van der Waals surface area contributed by atoms with Crippen LogP contribution < -0.4 is 5.32 Å². The molecule has 1 aliphatic heterocycles. The van der Waals surface area contributed by atoms with Crippen LogP contribution in [0.15, 0.2) is 15.9 Å². The molecule has 1 aliphatic carbocycles. The Morgan fingerprint density at radius 3 is 2.70 bits per heavy atom. The highest BCUT2D eigenvalue weighted by molar-refractivity contribution is 9.10. The van der Waals surface area contributed by atoms with E-state index in [1.165, 1.54) is 0 Å². The summed E-state index contributed by atoms with van der Waals surface area (Å²) in [6.07, 6.45) is 2.07. The van der Waals surface area contributed by atoms with Gasteiger partial charge in [-0.1, -0.05) is 0 Å². The van der Waals surface area contributed by atoms with Crippen molar-refractivity contribution in [1.29, 1.82) is 0 Å². The first-order chi connectivity index (χ1) is 9.39. The first-order valence-corrected chi connectivity index (χ1v) is 8.42. The van der Waals surface area contributed by atoms with E-state index >= 15 is 0 Å². The van der Waals surface area contributed by atoms with Crippen molar-refractivity contribution in [2.45, 2.75) is 44.8 Å². The normalized spacial score (nSPS) is 25.8. The summed E-state index contributed by atoms with van der Waals surface area (Å²) >= 11 is 5.03. The summed E-state index contributed by atoms with van der Waals surface area (Å²) in [6.45, 7) is 4.12. The molecule has 3 rings (SSSR count). The zero-order valence-corrected chi connectivity index (χ0v) is 13.9. The van der Waals surface area contributed by atoms with E-state index in [0.29, 0.717) is 12.5 Å². The Hall–Kier alpha value is -0.880. The van der Waals surface area contributed by atoms with E-state index in [1.807, 2.05) is 25.3 Å². The summed E-state index contributed by atoms with van der Waals surface area (Å²) in [7, 11) is 0. The predicted octanol–water partition coefficient (Wildman–Crippen LogP) is 2.53. The third kappa shape index (κ3) is 2.39. The van der Waals surface area contributed by atoms with Crippen LogP contribution in [0.3, 0.4) is 0 Å². The lowest BCUT2D eigenvalue weighted by Gasteiger charge is -2.44. The summed E-state index contributed by atoms with van der Waals surface area (Å²) in [5, 5.41) is 4.90. The van der Waals surface area contributed by atoms with Crippen molar-refractivity contribution in [2.75, 3.05) is 0 Å². The molecule has 2 aliphatic rings. The number of carbonyl (C=O) groups is 2. The first kappa shape index (κ1) is 14.1. The fourth-order valence-corrected chi connectivity index (χ4v) is 4.00. The van der Waals surface area contributed by atoms with E-state index in [1.54, 1.807) is 16.2 Å². The molecular formula is C14H17BrN2O2S. The molecule has 1 aromatic rings. The Balaban J connectivity index is 1.87. The van der Waals surface area contributed by atoms with E-state index in [0.717, 1.165) is 22.2 Å². The zero-order chi connectivity index (χ0) is 14.5. The average Bonchev–Trinajstić information content (AvgIpc) is 3.13. The van der Waals surface area contributed by atoms with Crippen LogP contribution >= 0.6 is 27.3 Å². The lowest BCUT2D eigenvalue weighted by Crippen LogP contribution is -2.68. The molecule has 1 saturated heterocycles. The van der Waals surface area contributed by atoms with Crippen LogP contribution in [0.2, 0.25) is 0 Å². The maximum atomic E-state index is 12.7. The Morgan fingerprint density at radius 2 is 2.15 bits per heavy atom. The Bertz CT molecular complexity index is 565. The average molecular weight is 357 g/mol. The predicted molar refractivity (Wildman–Crippen MR) is 81.3 cm³/mol. The van der Waals surface area contributed by atoms with Gasteiger partial charge in [0.05, 0.1) is 6.54 Å². The monoisotopic (exact) mass is 356 g/mol. The number of hydrogen-bond acceptors (Lipinski definition) is 3. The Morgan fingerprint density at radius 1 is 1.45 bits per heavy atom. The van der Waals surface area contributed by atoms with Gasteiger partial charge in [0.1, 0.15) is 11.6 Å². The quantitative estimate of drug-likeness (QED) is 0.904. The summed E-state index contributed by atoms with van der Waals surface area (Å²) < 4.78 is 1.02. The fourth-order valence-electron chi connectivity index (χ4n) is 2.56. The lowest BCUT2D eigenvalue weighted by atomic mass is 9.94. The number of hydrogen-bond donors (Lipinski definition) is 1. The lowest BCUT2D eigenvalue weighted by molar-refractivity contribution is -0.156. The molecule has 1 atom stereocenters. The smallest absolute Gasteiger partial charge is 0.246 e. The van der Waals surface area contributed by atoms with Crippen LogP contribution in [0, 0.1) is 5.92 Å². The number of amides is 2. The minimum Gasteiger partial charge on any atom is -0.342 e. The summed E-state index contributed by atoms with van der Waals surface area (Å²) in [4.78, 5) is 27.8. The van der Waals surface area contributed by atoms with Crippen LogP contribution in [-0.4, -0.2) is 28.3 Å². The van der Waals surface area contributed by atoms with E-state index in [9.17, 15) is 9.59 Å². The van der Waals surface area contributed by atoms with Gasteiger partial charge in [0.2, 0.25) is 11.8 Å². The van der Waals surface area contributed by atoms with Gasteiger partial charge in [-0.05, 0) is 54.6 Å². The van der Waals surface area contributed by atoms with Crippen LogP contribution in [0.4, 0.5) is 0 Å².